The first-order valence-electron chi connectivity index (χ1n) is 7.34. The van der Waals surface area contributed by atoms with Crippen molar-refractivity contribution in [1.29, 1.82) is 0 Å². The van der Waals surface area contributed by atoms with Crippen LogP contribution in [-0.2, 0) is 11.3 Å². The van der Waals surface area contributed by atoms with Crippen molar-refractivity contribution >= 4 is 28.8 Å². The fourth-order valence-electron chi connectivity index (χ4n) is 2.71. The molecule has 2 N–H and O–H groups in total. The molecule has 0 aliphatic carbocycles. The minimum Gasteiger partial charge on any atom is -0.369 e. The van der Waals surface area contributed by atoms with Crippen LogP contribution in [0.1, 0.15) is 18.5 Å². The molecule has 1 saturated heterocycles. The Morgan fingerprint density at radius 3 is 2.64 bits per heavy atom. The van der Waals surface area contributed by atoms with Gasteiger partial charge in [-0.3, -0.25) is 9.69 Å². The van der Waals surface area contributed by atoms with Crippen LogP contribution in [0, 0.1) is 5.92 Å². The molecule has 1 amide bonds. The lowest BCUT2D eigenvalue weighted by molar-refractivity contribution is -0.123. The molecule has 1 aromatic heterocycles. The molecular weight excluding hydrogens is 318 g/mol. The van der Waals surface area contributed by atoms with E-state index in [1.807, 2.05) is 24.3 Å². The van der Waals surface area contributed by atoms with Gasteiger partial charge in [-0.25, -0.2) is 4.98 Å². The molecule has 3 rings (SSSR count). The van der Waals surface area contributed by atoms with E-state index in [0.29, 0.717) is 0 Å². The van der Waals surface area contributed by atoms with E-state index in [-0.39, 0.29) is 11.8 Å². The van der Waals surface area contributed by atoms with Crippen molar-refractivity contribution in [3.8, 4) is 10.6 Å². The first kappa shape index (κ1) is 15.5. The smallest absolute Gasteiger partial charge is 0.220 e. The van der Waals surface area contributed by atoms with Crippen molar-refractivity contribution in [2.24, 2.45) is 11.7 Å². The Bertz CT molecular complexity index is 648. The molecule has 1 fully saturated rings. The Labute approximate surface area is 138 Å². The molecule has 0 unspecified atom stereocenters. The van der Waals surface area contributed by atoms with E-state index in [1.165, 1.54) is 0 Å². The summed E-state index contributed by atoms with van der Waals surface area (Å²) >= 11 is 7.56. The Morgan fingerprint density at radius 1 is 1.32 bits per heavy atom. The highest BCUT2D eigenvalue weighted by atomic mass is 35.5. The summed E-state index contributed by atoms with van der Waals surface area (Å²) in [6.07, 6.45) is 1.70. The molecule has 0 spiro atoms. The number of hydrogen-bond donors (Lipinski definition) is 1. The third kappa shape index (κ3) is 3.66. The lowest BCUT2D eigenvalue weighted by Crippen LogP contribution is -2.38. The van der Waals surface area contributed by atoms with Crippen LogP contribution in [0.25, 0.3) is 10.6 Å². The minimum absolute atomic E-state index is 0.0383. The second-order valence-electron chi connectivity index (χ2n) is 5.60. The fraction of sp³-hybridized carbons (Fsp3) is 0.375. The van der Waals surface area contributed by atoms with Gasteiger partial charge in [-0.15, -0.1) is 11.3 Å². The van der Waals surface area contributed by atoms with Gasteiger partial charge in [0.25, 0.3) is 0 Å². The Kier molecular flexibility index (Phi) is 4.76. The fourth-order valence-corrected chi connectivity index (χ4v) is 3.65. The maximum atomic E-state index is 11.2. The van der Waals surface area contributed by atoms with Crippen molar-refractivity contribution in [3.05, 3.63) is 40.4 Å². The summed E-state index contributed by atoms with van der Waals surface area (Å²) in [6.45, 7) is 2.64. The lowest BCUT2D eigenvalue weighted by Gasteiger charge is -2.29. The highest BCUT2D eigenvalue weighted by Crippen LogP contribution is 2.26. The zero-order chi connectivity index (χ0) is 15.5. The highest BCUT2D eigenvalue weighted by Gasteiger charge is 2.23. The number of primary amides is 1. The first-order valence-corrected chi connectivity index (χ1v) is 8.59. The molecule has 2 aromatic rings. The number of rotatable bonds is 4. The van der Waals surface area contributed by atoms with Gasteiger partial charge in [-0.05, 0) is 38.1 Å². The van der Waals surface area contributed by atoms with Crippen LogP contribution in [0.3, 0.4) is 0 Å². The highest BCUT2D eigenvalue weighted by molar-refractivity contribution is 7.13. The number of carbonyl (C=O) groups is 1. The van der Waals surface area contributed by atoms with Crippen LogP contribution in [0.5, 0.6) is 0 Å². The van der Waals surface area contributed by atoms with Crippen LogP contribution < -0.4 is 5.73 Å². The van der Waals surface area contributed by atoms with Gasteiger partial charge in [0.1, 0.15) is 5.01 Å². The number of halogens is 1. The summed E-state index contributed by atoms with van der Waals surface area (Å²) < 4.78 is 0. The van der Waals surface area contributed by atoms with E-state index >= 15 is 0 Å². The standard InChI is InChI=1S/C16H18ClN3OS/c17-13-3-1-12(2-4-13)16-19-14(10-22-16)9-20-7-5-11(6-8-20)15(18)21/h1-4,10-11H,5-9H2,(H2,18,21). The Hall–Kier alpha value is -1.43. The molecule has 0 atom stereocenters. The predicted octanol–water partition coefficient (Wildman–Crippen LogP) is 3.16. The molecule has 2 heterocycles. The molecule has 6 heteroatoms. The SMILES string of the molecule is NC(=O)C1CCN(Cc2csc(-c3ccc(Cl)cc3)n2)CC1. The summed E-state index contributed by atoms with van der Waals surface area (Å²) in [7, 11) is 0. The first-order chi connectivity index (χ1) is 10.6. The predicted molar refractivity (Wildman–Crippen MR) is 89.8 cm³/mol. The number of thiazole rings is 1. The topological polar surface area (TPSA) is 59.2 Å². The summed E-state index contributed by atoms with van der Waals surface area (Å²) in [6, 6.07) is 7.74. The molecule has 1 aromatic carbocycles. The number of benzene rings is 1. The van der Waals surface area contributed by atoms with Crippen molar-refractivity contribution in [3.63, 3.8) is 0 Å². The molecule has 116 valence electrons. The number of amides is 1. The second kappa shape index (κ2) is 6.77. The second-order valence-corrected chi connectivity index (χ2v) is 6.90. The average molecular weight is 336 g/mol. The third-order valence-electron chi connectivity index (χ3n) is 4.02. The molecule has 0 bridgehead atoms. The lowest BCUT2D eigenvalue weighted by atomic mass is 9.96. The van der Waals surface area contributed by atoms with E-state index in [4.69, 9.17) is 22.3 Å². The zero-order valence-electron chi connectivity index (χ0n) is 12.2. The number of aromatic nitrogens is 1. The van der Waals surface area contributed by atoms with Crippen LogP contribution in [0.15, 0.2) is 29.6 Å². The van der Waals surface area contributed by atoms with Gasteiger partial charge in [-0.2, -0.15) is 0 Å². The summed E-state index contributed by atoms with van der Waals surface area (Å²) in [5.41, 5.74) is 7.53. The van der Waals surface area contributed by atoms with Gasteiger partial charge in [0, 0.05) is 28.4 Å². The van der Waals surface area contributed by atoms with Crippen LogP contribution in [-0.4, -0.2) is 28.9 Å². The molecule has 0 saturated carbocycles. The Balaban J connectivity index is 1.60. The average Bonchev–Trinajstić information content (AvgIpc) is 2.97. The number of likely N-dealkylation sites (tertiary alicyclic amines) is 1. The van der Waals surface area contributed by atoms with E-state index in [0.717, 1.165) is 53.8 Å². The van der Waals surface area contributed by atoms with E-state index in [9.17, 15) is 4.79 Å². The van der Waals surface area contributed by atoms with Crippen molar-refractivity contribution in [1.82, 2.24) is 9.88 Å². The summed E-state index contributed by atoms with van der Waals surface area (Å²) in [4.78, 5) is 18.2. The largest absolute Gasteiger partial charge is 0.369 e. The van der Waals surface area contributed by atoms with Crippen molar-refractivity contribution in [2.45, 2.75) is 19.4 Å². The molecular formula is C16H18ClN3OS. The maximum absolute atomic E-state index is 11.2. The van der Waals surface area contributed by atoms with Gasteiger partial charge in [-0.1, -0.05) is 23.7 Å². The molecule has 1 aliphatic rings. The normalized spacial score (nSPS) is 16.8. The van der Waals surface area contributed by atoms with Gasteiger partial charge in [0.15, 0.2) is 0 Å². The molecule has 4 nitrogen and oxygen atoms in total. The monoisotopic (exact) mass is 335 g/mol. The molecule has 1 aliphatic heterocycles. The minimum atomic E-state index is -0.168. The van der Waals surface area contributed by atoms with Crippen LogP contribution in [0.4, 0.5) is 0 Å². The van der Waals surface area contributed by atoms with Crippen molar-refractivity contribution < 1.29 is 4.79 Å². The van der Waals surface area contributed by atoms with Crippen molar-refractivity contribution in [2.75, 3.05) is 13.1 Å². The molecule has 22 heavy (non-hydrogen) atoms. The van der Waals surface area contributed by atoms with Gasteiger partial charge >= 0.3 is 0 Å². The summed E-state index contributed by atoms with van der Waals surface area (Å²) in [5, 5.41) is 3.85. The number of carbonyl (C=O) groups excluding carboxylic acids is 1. The number of nitrogens with two attached hydrogens (primary N) is 1. The van der Waals surface area contributed by atoms with E-state index in [2.05, 4.69) is 10.3 Å². The maximum Gasteiger partial charge on any atom is 0.220 e. The van der Waals surface area contributed by atoms with Gasteiger partial charge in [0.05, 0.1) is 5.69 Å². The van der Waals surface area contributed by atoms with Gasteiger partial charge < -0.3 is 5.73 Å². The van der Waals surface area contributed by atoms with E-state index in [1.54, 1.807) is 11.3 Å². The third-order valence-corrected chi connectivity index (χ3v) is 5.21. The quantitative estimate of drug-likeness (QED) is 0.933. The number of nitrogens with zero attached hydrogens (tertiary/aromatic N) is 2. The zero-order valence-corrected chi connectivity index (χ0v) is 13.7. The Morgan fingerprint density at radius 2 is 2.00 bits per heavy atom. The summed E-state index contributed by atoms with van der Waals surface area (Å²) in [5.74, 6) is -0.130. The number of piperidine rings is 1. The molecule has 0 radical (unpaired) electrons. The number of hydrogen-bond acceptors (Lipinski definition) is 4. The van der Waals surface area contributed by atoms with Crippen LogP contribution in [0.2, 0.25) is 5.02 Å². The van der Waals surface area contributed by atoms with Gasteiger partial charge in [0.2, 0.25) is 5.91 Å². The van der Waals surface area contributed by atoms with Crippen LogP contribution >= 0.6 is 22.9 Å². The van der Waals surface area contributed by atoms with E-state index < -0.39 is 0 Å².